The highest BCUT2D eigenvalue weighted by atomic mass is 79.9. The van der Waals surface area contributed by atoms with Gasteiger partial charge in [0.05, 0.1) is 11.6 Å². The molecule has 2 rings (SSSR count). The van der Waals surface area contributed by atoms with Crippen LogP contribution in [0.25, 0.3) is 6.08 Å². The third kappa shape index (κ3) is 6.64. The van der Waals surface area contributed by atoms with Gasteiger partial charge < -0.3 is 19.5 Å². The Bertz CT molecular complexity index is 995. The summed E-state index contributed by atoms with van der Waals surface area (Å²) in [5, 5.41) is 11.9. The van der Waals surface area contributed by atoms with Crippen molar-refractivity contribution >= 4 is 33.9 Å². The number of rotatable bonds is 8. The third-order valence-electron chi connectivity index (χ3n) is 3.69. The van der Waals surface area contributed by atoms with E-state index in [1.54, 1.807) is 44.2 Å². The number of carbonyl (C=O) groups excluding carboxylic acids is 2. The van der Waals surface area contributed by atoms with E-state index in [1.165, 1.54) is 19.3 Å². The Kier molecular flexibility index (Phi) is 8.44. The minimum Gasteiger partial charge on any atom is -0.493 e. The van der Waals surface area contributed by atoms with Gasteiger partial charge in [0.25, 0.3) is 5.91 Å². The van der Waals surface area contributed by atoms with Crippen LogP contribution in [0.4, 0.5) is 0 Å². The lowest BCUT2D eigenvalue weighted by Gasteiger charge is -2.11. The molecule has 1 N–H and O–H groups in total. The number of nitriles is 1. The molecule has 0 aliphatic rings. The minimum atomic E-state index is -0.610. The van der Waals surface area contributed by atoms with Crippen LogP contribution >= 0.6 is 15.9 Å². The first-order chi connectivity index (χ1) is 14.3. The molecule has 7 nitrogen and oxygen atoms in total. The van der Waals surface area contributed by atoms with Crippen molar-refractivity contribution in [3.05, 3.63) is 58.1 Å². The van der Waals surface area contributed by atoms with Crippen LogP contribution in [0, 0.1) is 11.3 Å². The Morgan fingerprint density at radius 2 is 1.90 bits per heavy atom. The molecule has 0 unspecified atom stereocenters. The standard InChI is InChI=1S/C22H21BrN2O5/c1-14(2)25-22(27)16(12-24)10-15-8-9-19(20(11-15)28-3)30-21(26)13-29-18-7-5-4-6-17(18)23/h4-11,14H,13H2,1-3H3,(H,25,27)/b16-10+. The van der Waals surface area contributed by atoms with Crippen LogP contribution in [0.5, 0.6) is 17.2 Å². The quantitative estimate of drug-likeness (QED) is 0.271. The van der Waals surface area contributed by atoms with Crippen molar-refractivity contribution in [3.8, 4) is 23.3 Å². The Hall–Kier alpha value is -3.31. The summed E-state index contributed by atoms with van der Waals surface area (Å²) in [5.41, 5.74) is 0.504. The van der Waals surface area contributed by atoms with E-state index in [2.05, 4.69) is 21.2 Å². The molecule has 0 saturated carbocycles. The van der Waals surface area contributed by atoms with Crippen LogP contribution in [0.1, 0.15) is 19.4 Å². The van der Waals surface area contributed by atoms with Gasteiger partial charge >= 0.3 is 5.97 Å². The molecule has 8 heteroatoms. The molecule has 0 saturated heterocycles. The lowest BCUT2D eigenvalue weighted by Crippen LogP contribution is -2.30. The second kappa shape index (κ2) is 11.0. The molecule has 0 fully saturated rings. The third-order valence-corrected chi connectivity index (χ3v) is 4.34. The predicted octanol–water partition coefficient (Wildman–Crippen LogP) is 3.87. The second-order valence-corrected chi connectivity index (χ2v) is 7.26. The molecule has 156 valence electrons. The molecule has 0 aliphatic heterocycles. The monoisotopic (exact) mass is 472 g/mol. The van der Waals surface area contributed by atoms with Crippen LogP contribution in [0.15, 0.2) is 52.5 Å². The number of carbonyl (C=O) groups is 2. The van der Waals surface area contributed by atoms with E-state index < -0.39 is 11.9 Å². The van der Waals surface area contributed by atoms with Gasteiger partial charge in [0.1, 0.15) is 17.4 Å². The highest BCUT2D eigenvalue weighted by Crippen LogP contribution is 2.29. The normalized spacial score (nSPS) is 10.9. The molecule has 0 radical (unpaired) electrons. The summed E-state index contributed by atoms with van der Waals surface area (Å²) in [5.74, 6) is -0.0850. The van der Waals surface area contributed by atoms with Crippen LogP contribution < -0.4 is 19.5 Å². The maximum absolute atomic E-state index is 12.1. The Labute approximate surface area is 183 Å². The largest absolute Gasteiger partial charge is 0.493 e. The molecule has 2 aromatic rings. The van der Waals surface area contributed by atoms with Crippen molar-refractivity contribution in [2.45, 2.75) is 19.9 Å². The van der Waals surface area contributed by atoms with Crippen LogP contribution in [0.2, 0.25) is 0 Å². The number of benzene rings is 2. The highest BCUT2D eigenvalue weighted by Gasteiger charge is 2.14. The van der Waals surface area contributed by atoms with E-state index in [0.717, 1.165) is 4.47 Å². The Balaban J connectivity index is 2.10. The van der Waals surface area contributed by atoms with Crippen molar-refractivity contribution < 1.29 is 23.8 Å². The van der Waals surface area contributed by atoms with E-state index in [-0.39, 0.29) is 29.7 Å². The molecule has 2 aromatic carbocycles. The number of methoxy groups -OCH3 is 1. The van der Waals surface area contributed by atoms with Crippen LogP contribution in [-0.4, -0.2) is 31.6 Å². The number of nitrogens with zero attached hydrogens (tertiary/aromatic N) is 1. The number of para-hydroxylation sites is 1. The maximum atomic E-state index is 12.1. The van der Waals surface area contributed by atoms with Gasteiger partial charge in [-0.15, -0.1) is 0 Å². The topological polar surface area (TPSA) is 97.6 Å². The van der Waals surface area contributed by atoms with E-state index in [1.807, 2.05) is 12.1 Å². The number of ether oxygens (including phenoxy) is 3. The number of esters is 1. The van der Waals surface area contributed by atoms with Crippen molar-refractivity contribution in [1.82, 2.24) is 5.32 Å². The number of amides is 1. The molecule has 0 heterocycles. The van der Waals surface area contributed by atoms with Gasteiger partial charge in [-0.1, -0.05) is 18.2 Å². The summed E-state index contributed by atoms with van der Waals surface area (Å²) >= 11 is 3.34. The zero-order valence-electron chi connectivity index (χ0n) is 16.8. The van der Waals surface area contributed by atoms with Crippen molar-refractivity contribution in [3.63, 3.8) is 0 Å². The van der Waals surface area contributed by atoms with Gasteiger partial charge in [-0.2, -0.15) is 5.26 Å². The number of hydrogen-bond acceptors (Lipinski definition) is 6. The first-order valence-electron chi connectivity index (χ1n) is 9.02. The molecular formula is C22H21BrN2O5. The minimum absolute atomic E-state index is 0.0441. The molecule has 0 atom stereocenters. The van der Waals surface area contributed by atoms with Gasteiger partial charge in [0.2, 0.25) is 0 Å². The molecule has 0 spiro atoms. The van der Waals surface area contributed by atoms with E-state index in [4.69, 9.17) is 14.2 Å². The molecule has 0 aromatic heterocycles. The lowest BCUT2D eigenvalue weighted by atomic mass is 10.1. The van der Waals surface area contributed by atoms with Crippen LogP contribution in [-0.2, 0) is 9.59 Å². The predicted molar refractivity (Wildman–Crippen MR) is 115 cm³/mol. The number of nitrogens with one attached hydrogen (secondary N) is 1. The van der Waals surface area contributed by atoms with Gasteiger partial charge in [-0.25, -0.2) is 4.79 Å². The molecular weight excluding hydrogens is 452 g/mol. The van der Waals surface area contributed by atoms with Crippen molar-refractivity contribution in [1.29, 1.82) is 5.26 Å². The fourth-order valence-electron chi connectivity index (χ4n) is 2.36. The highest BCUT2D eigenvalue weighted by molar-refractivity contribution is 9.10. The van der Waals surface area contributed by atoms with E-state index in [9.17, 15) is 14.9 Å². The summed E-state index contributed by atoms with van der Waals surface area (Å²) in [6.45, 7) is 3.32. The second-order valence-electron chi connectivity index (χ2n) is 6.40. The summed E-state index contributed by atoms with van der Waals surface area (Å²) in [6, 6.07) is 13.6. The first kappa shape index (κ1) is 23.0. The van der Waals surface area contributed by atoms with Gasteiger partial charge in [0.15, 0.2) is 18.1 Å². The van der Waals surface area contributed by atoms with Crippen LogP contribution in [0.3, 0.4) is 0 Å². The summed E-state index contributed by atoms with van der Waals surface area (Å²) in [4.78, 5) is 24.2. The molecule has 30 heavy (non-hydrogen) atoms. The smallest absolute Gasteiger partial charge is 0.349 e. The SMILES string of the molecule is COc1cc(/C=C(\C#N)C(=O)NC(C)C)ccc1OC(=O)COc1ccccc1Br. The van der Waals surface area contributed by atoms with Gasteiger partial charge in [-0.05, 0) is 65.7 Å². The number of hydrogen-bond donors (Lipinski definition) is 1. The lowest BCUT2D eigenvalue weighted by molar-refractivity contribution is -0.136. The Morgan fingerprint density at radius 1 is 1.17 bits per heavy atom. The first-order valence-corrected chi connectivity index (χ1v) is 9.82. The molecule has 1 amide bonds. The maximum Gasteiger partial charge on any atom is 0.349 e. The summed E-state index contributed by atoms with van der Waals surface area (Å²) in [7, 11) is 1.43. The zero-order valence-corrected chi connectivity index (χ0v) is 18.4. The van der Waals surface area contributed by atoms with Gasteiger partial charge in [0, 0.05) is 6.04 Å². The average Bonchev–Trinajstić information content (AvgIpc) is 2.71. The van der Waals surface area contributed by atoms with Crippen molar-refractivity contribution in [2.24, 2.45) is 0 Å². The van der Waals surface area contributed by atoms with E-state index >= 15 is 0 Å². The molecule has 0 bridgehead atoms. The van der Waals surface area contributed by atoms with Crippen molar-refractivity contribution in [2.75, 3.05) is 13.7 Å². The summed E-state index contributed by atoms with van der Waals surface area (Å²) < 4.78 is 16.8. The average molecular weight is 473 g/mol. The zero-order chi connectivity index (χ0) is 22.1. The summed E-state index contributed by atoms with van der Waals surface area (Å²) in [6.07, 6.45) is 1.43. The van der Waals surface area contributed by atoms with Gasteiger partial charge in [-0.3, -0.25) is 4.79 Å². The fourth-order valence-corrected chi connectivity index (χ4v) is 2.76. The van der Waals surface area contributed by atoms with E-state index in [0.29, 0.717) is 11.3 Å². The number of halogens is 1. The fraction of sp³-hybridized carbons (Fsp3) is 0.227. The Morgan fingerprint density at radius 3 is 2.53 bits per heavy atom. The molecule has 0 aliphatic carbocycles.